The summed E-state index contributed by atoms with van der Waals surface area (Å²) in [6.45, 7) is 7.16. The Hall–Kier alpha value is -5.93. The molecule has 4 aromatic rings. The number of amides is 2. The summed E-state index contributed by atoms with van der Waals surface area (Å²) in [5, 5.41) is 0. The fraction of sp³-hybridized carbons (Fsp3) is 0.211. The van der Waals surface area contributed by atoms with Crippen molar-refractivity contribution in [2.24, 2.45) is 9.98 Å². The van der Waals surface area contributed by atoms with Crippen LogP contribution in [0.2, 0.25) is 0 Å². The van der Waals surface area contributed by atoms with E-state index in [-0.39, 0.29) is 17.6 Å². The molecule has 2 aromatic carbocycles. The molecule has 2 aromatic heterocycles. The first-order valence-corrected chi connectivity index (χ1v) is 14.9. The molecule has 8 nitrogen and oxygen atoms in total. The van der Waals surface area contributed by atoms with Crippen LogP contribution in [0.3, 0.4) is 0 Å². The van der Waals surface area contributed by atoms with Gasteiger partial charge in [0.1, 0.15) is 28.3 Å². The lowest BCUT2D eigenvalue weighted by Gasteiger charge is -2.14. The second kappa shape index (κ2) is 13.2. The summed E-state index contributed by atoms with van der Waals surface area (Å²) >= 11 is 0. The first kappa shape index (κ1) is 32.5. The molecule has 0 unspecified atom stereocenters. The smallest absolute Gasteiger partial charge is 0.255 e. The van der Waals surface area contributed by atoms with Gasteiger partial charge >= 0.3 is 0 Å². The maximum Gasteiger partial charge on any atom is 0.255 e. The zero-order valence-corrected chi connectivity index (χ0v) is 27.0. The van der Waals surface area contributed by atoms with Crippen molar-refractivity contribution in [3.05, 3.63) is 131 Å². The summed E-state index contributed by atoms with van der Waals surface area (Å²) in [5.74, 6) is 12.8. The highest BCUT2D eigenvalue weighted by molar-refractivity contribution is 6.14. The second-order valence-electron chi connectivity index (χ2n) is 12.0. The zero-order chi connectivity index (χ0) is 33.8. The van der Waals surface area contributed by atoms with E-state index >= 15 is 0 Å². The molecule has 234 valence electrons. The number of halogens is 1. The SMILES string of the molecule is CN1C(=O)C(C)(C)N=C1c1ccc(C#Cc2cccc(F)c2)cn1.CN1C(=O)C(C)(C)N=C1c1ccc(C#Cc2ccccc2)cn1. The Morgan fingerprint density at radius 2 is 1.02 bits per heavy atom. The van der Waals surface area contributed by atoms with Crippen molar-refractivity contribution < 1.29 is 14.0 Å². The molecule has 0 fully saturated rings. The number of carbonyl (C=O) groups excluding carboxylic acids is 2. The summed E-state index contributed by atoms with van der Waals surface area (Å²) in [6, 6.07) is 23.2. The van der Waals surface area contributed by atoms with Gasteiger partial charge in [0.05, 0.1) is 0 Å². The topological polar surface area (TPSA) is 91.1 Å². The number of benzene rings is 2. The number of hydrogen-bond donors (Lipinski definition) is 0. The average molecular weight is 625 g/mol. The van der Waals surface area contributed by atoms with Crippen LogP contribution >= 0.6 is 0 Å². The Bertz CT molecular complexity index is 2010. The van der Waals surface area contributed by atoms with E-state index in [1.807, 2.05) is 42.5 Å². The number of amidine groups is 2. The van der Waals surface area contributed by atoms with E-state index < -0.39 is 11.1 Å². The summed E-state index contributed by atoms with van der Waals surface area (Å²) < 4.78 is 13.1. The van der Waals surface area contributed by atoms with Gasteiger partial charge in [-0.25, -0.2) is 14.4 Å². The van der Waals surface area contributed by atoms with Gasteiger partial charge < -0.3 is 0 Å². The predicted molar refractivity (Wildman–Crippen MR) is 180 cm³/mol. The number of pyridine rings is 2. The molecular weight excluding hydrogens is 591 g/mol. The molecule has 0 radical (unpaired) electrons. The highest BCUT2D eigenvalue weighted by Gasteiger charge is 2.40. The summed E-state index contributed by atoms with van der Waals surface area (Å²) in [5.41, 5.74) is 2.90. The Kier molecular flexibility index (Phi) is 9.12. The first-order chi connectivity index (χ1) is 22.3. The largest absolute Gasteiger partial charge is 0.296 e. The molecule has 0 atom stereocenters. The lowest BCUT2D eigenvalue weighted by molar-refractivity contribution is -0.129. The van der Waals surface area contributed by atoms with E-state index in [4.69, 9.17) is 0 Å². The number of carbonyl (C=O) groups is 2. The van der Waals surface area contributed by atoms with E-state index in [2.05, 4.69) is 43.6 Å². The van der Waals surface area contributed by atoms with E-state index in [1.54, 1.807) is 83.3 Å². The van der Waals surface area contributed by atoms with Crippen LogP contribution in [0.5, 0.6) is 0 Å². The number of hydrogen-bond acceptors (Lipinski definition) is 6. The van der Waals surface area contributed by atoms with Crippen molar-refractivity contribution in [2.75, 3.05) is 14.1 Å². The van der Waals surface area contributed by atoms with Crippen LogP contribution in [0.1, 0.15) is 61.3 Å². The molecule has 0 saturated heterocycles. The third-order valence-electron chi connectivity index (χ3n) is 7.35. The number of aromatic nitrogens is 2. The monoisotopic (exact) mass is 624 g/mol. The number of aliphatic imine (C=N–C) groups is 2. The van der Waals surface area contributed by atoms with Crippen molar-refractivity contribution in [1.82, 2.24) is 19.8 Å². The molecule has 0 bridgehead atoms. The predicted octanol–water partition coefficient (Wildman–Crippen LogP) is 5.10. The maximum atomic E-state index is 13.1. The van der Waals surface area contributed by atoms with Crippen LogP contribution in [-0.2, 0) is 9.59 Å². The van der Waals surface area contributed by atoms with Gasteiger partial charge in [0.15, 0.2) is 11.7 Å². The standard InChI is InChI=1S/C19H16FN3O.C19H17N3O/c1-19(2)18(24)23(3)17(22-19)16-10-9-14(12-21-16)8-7-13-5-4-6-15(20)11-13;1-19(2)18(23)22(3)17(21-19)16-12-11-15(13-20-16)10-9-14-7-5-4-6-8-14/h4-6,9-12H,1-3H3;4-8,11-13H,1-3H3. The van der Waals surface area contributed by atoms with Crippen molar-refractivity contribution in [3.8, 4) is 23.7 Å². The van der Waals surface area contributed by atoms with Crippen LogP contribution in [-0.4, -0.2) is 68.4 Å². The van der Waals surface area contributed by atoms with Gasteiger partial charge in [-0.15, -0.1) is 0 Å². The lowest BCUT2D eigenvalue weighted by atomic mass is 10.1. The van der Waals surface area contributed by atoms with Crippen molar-refractivity contribution in [2.45, 2.75) is 38.8 Å². The molecule has 47 heavy (non-hydrogen) atoms. The molecule has 9 heteroatoms. The molecule has 4 heterocycles. The highest BCUT2D eigenvalue weighted by Crippen LogP contribution is 2.24. The van der Waals surface area contributed by atoms with E-state index in [0.29, 0.717) is 34.2 Å². The number of nitrogens with zero attached hydrogens (tertiary/aromatic N) is 6. The minimum Gasteiger partial charge on any atom is -0.296 e. The van der Waals surface area contributed by atoms with Crippen LogP contribution in [0, 0.1) is 29.5 Å². The second-order valence-corrected chi connectivity index (χ2v) is 12.0. The molecule has 2 amide bonds. The molecule has 2 aliphatic heterocycles. The van der Waals surface area contributed by atoms with Crippen LogP contribution < -0.4 is 0 Å². The molecule has 0 saturated carbocycles. The molecule has 6 rings (SSSR count). The highest BCUT2D eigenvalue weighted by atomic mass is 19.1. The lowest BCUT2D eigenvalue weighted by Crippen LogP contribution is -2.36. The van der Waals surface area contributed by atoms with Crippen molar-refractivity contribution in [1.29, 1.82) is 0 Å². The minimum absolute atomic E-state index is 0.0257. The quantitative estimate of drug-likeness (QED) is 0.291. The normalized spacial score (nSPS) is 15.8. The first-order valence-electron chi connectivity index (χ1n) is 14.9. The molecule has 0 aliphatic carbocycles. The van der Waals surface area contributed by atoms with Crippen LogP contribution in [0.25, 0.3) is 0 Å². The van der Waals surface area contributed by atoms with Crippen LogP contribution in [0.4, 0.5) is 4.39 Å². The van der Waals surface area contributed by atoms with Crippen molar-refractivity contribution >= 4 is 23.5 Å². The van der Waals surface area contributed by atoms with Gasteiger partial charge in [-0.05, 0) is 82.3 Å². The maximum absolute atomic E-state index is 13.1. The summed E-state index contributed by atoms with van der Waals surface area (Å²) in [4.78, 5) is 44.9. The van der Waals surface area contributed by atoms with E-state index in [0.717, 1.165) is 11.1 Å². The van der Waals surface area contributed by atoms with Gasteiger partial charge in [-0.2, -0.15) is 0 Å². The molecule has 2 aliphatic rings. The average Bonchev–Trinajstić information content (AvgIpc) is 3.41. The fourth-order valence-electron chi connectivity index (χ4n) is 4.82. The summed E-state index contributed by atoms with van der Waals surface area (Å²) in [6.07, 6.45) is 3.32. The number of rotatable bonds is 2. The molecule has 0 N–H and O–H groups in total. The zero-order valence-electron chi connectivity index (χ0n) is 27.0. The minimum atomic E-state index is -0.762. The van der Waals surface area contributed by atoms with Gasteiger partial charge in [-0.3, -0.25) is 29.4 Å². The third kappa shape index (κ3) is 7.49. The summed E-state index contributed by atoms with van der Waals surface area (Å²) in [7, 11) is 3.41. The van der Waals surface area contributed by atoms with Gasteiger partial charge in [0.25, 0.3) is 11.8 Å². The van der Waals surface area contributed by atoms with E-state index in [1.165, 1.54) is 17.0 Å². The Balaban J connectivity index is 0.000000185. The fourth-order valence-corrected chi connectivity index (χ4v) is 4.82. The Labute approximate surface area is 274 Å². The van der Waals surface area contributed by atoms with Gasteiger partial charge in [-0.1, -0.05) is 47.9 Å². The van der Waals surface area contributed by atoms with Crippen molar-refractivity contribution in [3.63, 3.8) is 0 Å². The van der Waals surface area contributed by atoms with E-state index in [9.17, 15) is 14.0 Å². The Morgan fingerprint density at radius 3 is 1.43 bits per heavy atom. The molecular formula is C38H33FN6O2. The molecule has 0 spiro atoms. The Morgan fingerprint density at radius 1 is 0.574 bits per heavy atom. The number of likely N-dealkylation sites (N-methyl/N-ethyl adjacent to an activating group) is 2. The van der Waals surface area contributed by atoms with Crippen LogP contribution in [0.15, 0.2) is 101 Å². The van der Waals surface area contributed by atoms with Gasteiger partial charge in [0, 0.05) is 48.7 Å². The van der Waals surface area contributed by atoms with Gasteiger partial charge in [0.2, 0.25) is 0 Å². The third-order valence-corrected chi connectivity index (χ3v) is 7.35.